The molecular formula is C36H62N10O9. The van der Waals surface area contributed by atoms with Crippen LogP contribution >= 0.6 is 0 Å². The molecule has 19 heteroatoms. The van der Waals surface area contributed by atoms with E-state index in [0.717, 1.165) is 13.0 Å². The molecule has 3 aliphatic rings. The van der Waals surface area contributed by atoms with Crippen LogP contribution in [0.4, 0.5) is 0 Å². The van der Waals surface area contributed by atoms with Crippen molar-refractivity contribution in [1.29, 1.82) is 0 Å². The van der Waals surface area contributed by atoms with Crippen LogP contribution in [0.2, 0.25) is 0 Å². The molecule has 0 bridgehead atoms. The number of nitrogens with one attached hydrogen (secondary N) is 5. The summed E-state index contributed by atoms with van der Waals surface area (Å²) in [4.78, 5) is 99.9. The van der Waals surface area contributed by atoms with Crippen molar-refractivity contribution in [3.63, 3.8) is 0 Å². The SMILES string of the molecule is CCC(C)C(NC(=O)C(CC(C)C)NC(=O)C1CCCN1C(=O)C1CCCN1)C(=O)N1CCCC1C(=O)NC(CO)C(=O)NC(CCCN=C(N)N)C(=O)O. The van der Waals surface area contributed by atoms with Gasteiger partial charge in [-0.3, -0.25) is 33.8 Å². The number of carbonyl (C=O) groups excluding carboxylic acids is 6. The van der Waals surface area contributed by atoms with E-state index in [0.29, 0.717) is 38.6 Å². The summed E-state index contributed by atoms with van der Waals surface area (Å²) < 4.78 is 0. The Hall–Kier alpha value is -4.52. The number of aliphatic hydroxyl groups is 1. The first-order valence-corrected chi connectivity index (χ1v) is 19.5. The van der Waals surface area contributed by atoms with Crippen LogP contribution in [-0.2, 0) is 33.6 Å². The van der Waals surface area contributed by atoms with E-state index < -0.39 is 78.4 Å². The Balaban J connectivity index is 1.69. The lowest BCUT2D eigenvalue weighted by molar-refractivity contribution is -0.144. The van der Waals surface area contributed by atoms with Gasteiger partial charge in [0, 0.05) is 19.6 Å². The molecule has 8 unspecified atom stereocenters. The summed E-state index contributed by atoms with van der Waals surface area (Å²) in [6.07, 6.45) is 4.45. The molecule has 0 spiro atoms. The normalized spacial score (nSPS) is 22.3. The van der Waals surface area contributed by atoms with Gasteiger partial charge in [0.1, 0.15) is 36.3 Å². The zero-order valence-electron chi connectivity index (χ0n) is 32.6. The third-order valence-corrected chi connectivity index (χ3v) is 10.5. The molecule has 0 aromatic carbocycles. The van der Waals surface area contributed by atoms with E-state index >= 15 is 0 Å². The number of rotatable bonds is 20. The highest BCUT2D eigenvalue weighted by Gasteiger charge is 2.42. The number of guanidine groups is 1. The molecule has 0 aromatic heterocycles. The number of nitrogens with zero attached hydrogens (tertiary/aromatic N) is 3. The molecule has 3 saturated heterocycles. The van der Waals surface area contributed by atoms with Crippen molar-refractivity contribution in [1.82, 2.24) is 36.4 Å². The molecule has 3 aliphatic heterocycles. The number of carbonyl (C=O) groups is 7. The quantitative estimate of drug-likeness (QED) is 0.0365. The number of amides is 6. The highest BCUT2D eigenvalue weighted by Crippen LogP contribution is 2.24. The van der Waals surface area contributed by atoms with Crippen molar-refractivity contribution in [2.75, 3.05) is 32.8 Å². The first-order chi connectivity index (χ1) is 26.1. The summed E-state index contributed by atoms with van der Waals surface area (Å²) in [7, 11) is 0. The molecule has 0 aliphatic carbocycles. The molecule has 55 heavy (non-hydrogen) atoms. The summed E-state index contributed by atoms with van der Waals surface area (Å²) in [5, 5.41) is 33.3. The van der Waals surface area contributed by atoms with Crippen LogP contribution in [0.5, 0.6) is 0 Å². The number of hydrogen-bond acceptors (Lipinski definition) is 10. The summed E-state index contributed by atoms with van der Waals surface area (Å²) in [5.74, 6) is -5.10. The molecule has 3 rings (SSSR count). The fourth-order valence-electron chi connectivity index (χ4n) is 7.28. The second kappa shape index (κ2) is 21.5. The highest BCUT2D eigenvalue weighted by atomic mass is 16.4. The second-order valence-electron chi connectivity index (χ2n) is 15.2. The monoisotopic (exact) mass is 778 g/mol. The third-order valence-electron chi connectivity index (χ3n) is 10.5. The predicted octanol–water partition coefficient (Wildman–Crippen LogP) is -2.12. The van der Waals surface area contributed by atoms with Crippen molar-refractivity contribution in [3.05, 3.63) is 0 Å². The van der Waals surface area contributed by atoms with Gasteiger partial charge in [0.05, 0.1) is 12.6 Å². The molecule has 0 radical (unpaired) electrons. The number of aliphatic carboxylic acids is 1. The molecule has 3 heterocycles. The Labute approximate surface area is 322 Å². The van der Waals surface area contributed by atoms with Crippen LogP contribution < -0.4 is 38.1 Å². The predicted molar refractivity (Wildman–Crippen MR) is 202 cm³/mol. The van der Waals surface area contributed by atoms with Gasteiger partial charge in [-0.05, 0) is 76.2 Å². The summed E-state index contributed by atoms with van der Waals surface area (Å²) in [6.45, 7) is 8.17. The molecule has 0 aromatic rings. The van der Waals surface area contributed by atoms with Crippen molar-refractivity contribution in [2.45, 2.75) is 134 Å². The smallest absolute Gasteiger partial charge is 0.326 e. The van der Waals surface area contributed by atoms with Gasteiger partial charge in [-0.1, -0.05) is 34.1 Å². The van der Waals surface area contributed by atoms with Gasteiger partial charge in [-0.15, -0.1) is 0 Å². The van der Waals surface area contributed by atoms with E-state index in [1.165, 1.54) is 4.90 Å². The van der Waals surface area contributed by atoms with Crippen molar-refractivity contribution in [2.24, 2.45) is 28.3 Å². The van der Waals surface area contributed by atoms with Gasteiger partial charge in [0.15, 0.2) is 5.96 Å². The number of carboxylic acids is 1. The largest absolute Gasteiger partial charge is 0.480 e. The summed E-state index contributed by atoms with van der Waals surface area (Å²) in [5.41, 5.74) is 10.6. The Kier molecular flexibility index (Phi) is 17.6. The average molecular weight is 779 g/mol. The van der Waals surface area contributed by atoms with Crippen molar-refractivity contribution >= 4 is 47.4 Å². The number of aliphatic imine (C=N–C) groups is 1. The van der Waals surface area contributed by atoms with Gasteiger partial charge >= 0.3 is 5.97 Å². The van der Waals surface area contributed by atoms with Crippen LogP contribution in [0.3, 0.4) is 0 Å². The average Bonchev–Trinajstić information content (AvgIpc) is 3.95. The zero-order chi connectivity index (χ0) is 40.8. The Morgan fingerprint density at radius 1 is 0.818 bits per heavy atom. The fraction of sp³-hybridized carbons (Fsp3) is 0.778. The molecular weight excluding hydrogens is 716 g/mol. The molecule has 8 atom stereocenters. The minimum absolute atomic E-state index is 0.00315. The molecule has 11 N–H and O–H groups in total. The van der Waals surface area contributed by atoms with Crippen LogP contribution in [0.15, 0.2) is 4.99 Å². The number of carboxylic acid groups (broad SMARTS) is 1. The highest BCUT2D eigenvalue weighted by molar-refractivity contribution is 5.97. The van der Waals surface area contributed by atoms with E-state index in [-0.39, 0.29) is 68.5 Å². The lowest BCUT2D eigenvalue weighted by atomic mass is 9.95. The van der Waals surface area contributed by atoms with Gasteiger partial charge in [-0.25, -0.2) is 4.79 Å². The van der Waals surface area contributed by atoms with Crippen LogP contribution in [0.25, 0.3) is 0 Å². The lowest BCUT2D eigenvalue weighted by Crippen LogP contribution is -2.61. The first-order valence-electron chi connectivity index (χ1n) is 19.5. The van der Waals surface area contributed by atoms with E-state index in [1.54, 1.807) is 11.8 Å². The number of likely N-dealkylation sites (tertiary alicyclic amines) is 2. The standard InChI is InChI=1S/C36H62N10O9/c1-5-21(4)28(44-29(48)24(18-20(2)3)42-31(50)26-12-8-16-45(26)33(52)22-10-6-14-39-22)34(53)46-17-9-13-27(46)32(51)43-25(19-47)30(49)41-23(35(54)55)11-7-15-40-36(37)38/h20-28,39,47H,5-19H2,1-4H3,(H,41,49)(H,42,50)(H,43,51)(H,44,48)(H,54,55)(H4,37,38,40). The third kappa shape index (κ3) is 12.8. The van der Waals surface area contributed by atoms with Crippen LogP contribution in [0, 0.1) is 11.8 Å². The first kappa shape index (κ1) is 44.9. The van der Waals surface area contributed by atoms with Crippen molar-refractivity contribution in [3.8, 4) is 0 Å². The van der Waals surface area contributed by atoms with E-state index in [2.05, 4.69) is 31.6 Å². The maximum Gasteiger partial charge on any atom is 0.326 e. The van der Waals surface area contributed by atoms with Crippen molar-refractivity contribution < 1.29 is 43.8 Å². The molecule has 19 nitrogen and oxygen atoms in total. The maximum atomic E-state index is 14.2. The van der Waals surface area contributed by atoms with Gasteiger partial charge in [0.25, 0.3) is 0 Å². The van der Waals surface area contributed by atoms with Crippen LogP contribution in [-0.4, -0.2) is 142 Å². The Morgan fingerprint density at radius 2 is 1.42 bits per heavy atom. The number of nitrogens with two attached hydrogens (primary N) is 2. The number of hydrogen-bond donors (Lipinski definition) is 9. The number of aliphatic hydroxyl groups excluding tert-OH is 1. The molecule has 310 valence electrons. The van der Waals surface area contributed by atoms with Gasteiger partial charge in [0.2, 0.25) is 35.4 Å². The van der Waals surface area contributed by atoms with Crippen LogP contribution in [0.1, 0.15) is 91.9 Å². The maximum absolute atomic E-state index is 14.2. The molecule has 6 amide bonds. The topological polar surface area (TPSA) is 291 Å². The zero-order valence-corrected chi connectivity index (χ0v) is 32.6. The second-order valence-corrected chi connectivity index (χ2v) is 15.2. The minimum atomic E-state index is -1.50. The Morgan fingerprint density at radius 3 is 1.96 bits per heavy atom. The summed E-state index contributed by atoms with van der Waals surface area (Å²) in [6, 6.07) is -6.94. The van der Waals surface area contributed by atoms with Gasteiger partial charge < -0.3 is 58.1 Å². The summed E-state index contributed by atoms with van der Waals surface area (Å²) >= 11 is 0. The van der Waals surface area contributed by atoms with Gasteiger partial charge in [-0.2, -0.15) is 0 Å². The molecule has 0 saturated carbocycles. The fourth-order valence-corrected chi connectivity index (χ4v) is 7.28. The van der Waals surface area contributed by atoms with E-state index in [4.69, 9.17) is 11.5 Å². The Bertz CT molecular complexity index is 1400. The molecule has 3 fully saturated rings. The minimum Gasteiger partial charge on any atom is -0.480 e. The lowest BCUT2D eigenvalue weighted by Gasteiger charge is -2.33. The van der Waals surface area contributed by atoms with E-state index in [1.807, 2.05) is 20.8 Å². The van der Waals surface area contributed by atoms with E-state index in [9.17, 15) is 43.8 Å².